The van der Waals surface area contributed by atoms with E-state index in [0.717, 1.165) is 34.4 Å². The molecule has 0 bridgehead atoms. The van der Waals surface area contributed by atoms with Crippen LogP contribution in [0.2, 0.25) is 0 Å². The van der Waals surface area contributed by atoms with Gasteiger partial charge in [-0.25, -0.2) is 0 Å². The van der Waals surface area contributed by atoms with E-state index in [1.54, 1.807) is 0 Å². The highest BCUT2D eigenvalue weighted by atomic mass is 79.9. The van der Waals surface area contributed by atoms with E-state index in [4.69, 9.17) is 15.2 Å². The summed E-state index contributed by atoms with van der Waals surface area (Å²) in [5.74, 6) is 1.49. The summed E-state index contributed by atoms with van der Waals surface area (Å²) in [6.07, 6.45) is 3.78. The molecule has 0 unspecified atom stereocenters. The quantitative estimate of drug-likeness (QED) is 0.588. The molecule has 0 aliphatic carbocycles. The smallest absolute Gasteiger partial charge is 0.175 e. The van der Waals surface area contributed by atoms with E-state index in [2.05, 4.69) is 22.5 Å². The summed E-state index contributed by atoms with van der Waals surface area (Å²) >= 11 is 3.50. The Balaban J connectivity index is 2.82. The third kappa shape index (κ3) is 4.35. The van der Waals surface area contributed by atoms with Crippen molar-refractivity contribution in [3.8, 4) is 11.5 Å². The van der Waals surface area contributed by atoms with Crippen molar-refractivity contribution in [1.29, 1.82) is 0 Å². The lowest BCUT2D eigenvalue weighted by molar-refractivity contribution is 0.272. The number of benzene rings is 1. The third-order valence-electron chi connectivity index (χ3n) is 2.40. The molecule has 18 heavy (non-hydrogen) atoms. The van der Waals surface area contributed by atoms with E-state index in [-0.39, 0.29) is 0 Å². The summed E-state index contributed by atoms with van der Waals surface area (Å²) in [5.41, 5.74) is 6.66. The molecule has 1 aromatic carbocycles. The van der Waals surface area contributed by atoms with Gasteiger partial charge in [-0.1, -0.05) is 6.08 Å². The van der Waals surface area contributed by atoms with Gasteiger partial charge in [0, 0.05) is 6.54 Å². The minimum Gasteiger partial charge on any atom is -0.490 e. The molecule has 0 saturated heterocycles. The number of allylic oxidation sites excluding steroid dienone is 1. The van der Waals surface area contributed by atoms with Crippen molar-refractivity contribution < 1.29 is 9.47 Å². The molecule has 0 aliphatic rings. The van der Waals surface area contributed by atoms with Crippen LogP contribution in [0.25, 0.3) is 0 Å². The Kier molecular flexibility index (Phi) is 6.83. The van der Waals surface area contributed by atoms with Crippen LogP contribution in [-0.2, 0) is 6.54 Å². The van der Waals surface area contributed by atoms with Gasteiger partial charge in [-0.05, 0) is 53.4 Å². The number of halogens is 1. The van der Waals surface area contributed by atoms with Gasteiger partial charge in [-0.3, -0.25) is 0 Å². The number of rotatable bonds is 8. The van der Waals surface area contributed by atoms with Gasteiger partial charge in [0.25, 0.3) is 0 Å². The van der Waals surface area contributed by atoms with Crippen LogP contribution in [0.5, 0.6) is 11.5 Å². The molecule has 1 rings (SSSR count). The van der Waals surface area contributed by atoms with E-state index < -0.39 is 0 Å². The average Bonchev–Trinajstić information content (AvgIpc) is 2.37. The van der Waals surface area contributed by atoms with E-state index in [9.17, 15) is 0 Å². The molecule has 0 atom stereocenters. The second-order valence-corrected chi connectivity index (χ2v) is 4.68. The van der Waals surface area contributed by atoms with Crippen LogP contribution in [-0.4, -0.2) is 13.2 Å². The van der Waals surface area contributed by atoms with Crippen molar-refractivity contribution in [2.24, 2.45) is 5.73 Å². The topological polar surface area (TPSA) is 44.5 Å². The number of hydrogen-bond acceptors (Lipinski definition) is 3. The molecule has 100 valence electrons. The van der Waals surface area contributed by atoms with Crippen molar-refractivity contribution in [2.45, 2.75) is 26.3 Å². The molecule has 0 fully saturated rings. The minimum absolute atomic E-state index is 0.482. The van der Waals surface area contributed by atoms with Crippen LogP contribution in [0.4, 0.5) is 0 Å². The second kappa shape index (κ2) is 8.16. The Labute approximate surface area is 117 Å². The molecule has 0 aromatic heterocycles. The first-order valence-electron chi connectivity index (χ1n) is 6.11. The molecule has 0 saturated carbocycles. The highest BCUT2D eigenvalue weighted by molar-refractivity contribution is 9.10. The summed E-state index contributed by atoms with van der Waals surface area (Å²) in [7, 11) is 0. The zero-order chi connectivity index (χ0) is 13.4. The fraction of sp³-hybridized carbons (Fsp3) is 0.429. The largest absolute Gasteiger partial charge is 0.490 e. The van der Waals surface area contributed by atoms with Crippen LogP contribution in [0.1, 0.15) is 25.3 Å². The molecule has 0 amide bonds. The first-order valence-corrected chi connectivity index (χ1v) is 6.91. The van der Waals surface area contributed by atoms with Gasteiger partial charge in [0.1, 0.15) is 0 Å². The number of nitrogens with two attached hydrogens (primary N) is 1. The van der Waals surface area contributed by atoms with Gasteiger partial charge < -0.3 is 15.2 Å². The monoisotopic (exact) mass is 313 g/mol. The zero-order valence-electron chi connectivity index (χ0n) is 10.7. The van der Waals surface area contributed by atoms with Gasteiger partial charge in [0.15, 0.2) is 11.5 Å². The molecule has 4 heteroatoms. The maximum Gasteiger partial charge on any atom is 0.175 e. The fourth-order valence-electron chi connectivity index (χ4n) is 1.54. The SMILES string of the molecule is C=CCCCOc1c(Br)cc(CN)cc1OCC. The third-order valence-corrected chi connectivity index (χ3v) is 2.99. The Morgan fingerprint density at radius 2 is 2.17 bits per heavy atom. The molecular formula is C14H20BrNO2. The van der Waals surface area contributed by atoms with Gasteiger partial charge >= 0.3 is 0 Å². The van der Waals surface area contributed by atoms with E-state index in [1.165, 1.54) is 0 Å². The highest BCUT2D eigenvalue weighted by Gasteiger charge is 2.11. The van der Waals surface area contributed by atoms with E-state index in [0.29, 0.717) is 19.8 Å². The lowest BCUT2D eigenvalue weighted by atomic mass is 10.2. The van der Waals surface area contributed by atoms with Crippen LogP contribution >= 0.6 is 15.9 Å². The van der Waals surface area contributed by atoms with Crippen molar-refractivity contribution >= 4 is 15.9 Å². The maximum absolute atomic E-state index is 5.76. The van der Waals surface area contributed by atoms with Crippen molar-refractivity contribution in [3.05, 3.63) is 34.8 Å². The fourth-order valence-corrected chi connectivity index (χ4v) is 2.15. The number of hydrogen-bond donors (Lipinski definition) is 1. The first-order chi connectivity index (χ1) is 8.72. The summed E-state index contributed by atoms with van der Waals surface area (Å²) in [6, 6.07) is 3.89. The Morgan fingerprint density at radius 3 is 2.78 bits per heavy atom. The summed E-state index contributed by atoms with van der Waals surface area (Å²) in [5, 5.41) is 0. The number of unbranched alkanes of at least 4 members (excludes halogenated alkanes) is 1. The Bertz CT molecular complexity index is 394. The van der Waals surface area contributed by atoms with Crippen molar-refractivity contribution in [1.82, 2.24) is 0 Å². The molecule has 1 aromatic rings. The van der Waals surface area contributed by atoms with Gasteiger partial charge in [-0.15, -0.1) is 6.58 Å². The van der Waals surface area contributed by atoms with Crippen LogP contribution < -0.4 is 15.2 Å². The standard InChI is InChI=1S/C14H20BrNO2/c1-3-5-6-7-18-14-12(15)8-11(10-16)9-13(14)17-4-2/h3,8-9H,1,4-7,10,16H2,2H3. The van der Waals surface area contributed by atoms with Crippen LogP contribution in [0.3, 0.4) is 0 Å². The predicted molar refractivity (Wildman–Crippen MR) is 78.1 cm³/mol. The molecular weight excluding hydrogens is 294 g/mol. The van der Waals surface area contributed by atoms with E-state index >= 15 is 0 Å². The van der Waals surface area contributed by atoms with Gasteiger partial charge in [0.05, 0.1) is 17.7 Å². The number of ether oxygens (including phenoxy) is 2. The summed E-state index contributed by atoms with van der Waals surface area (Å²) in [6.45, 7) is 7.37. The average molecular weight is 314 g/mol. The maximum atomic E-state index is 5.76. The molecule has 0 heterocycles. The van der Waals surface area contributed by atoms with Crippen molar-refractivity contribution in [3.63, 3.8) is 0 Å². The molecule has 2 N–H and O–H groups in total. The Hall–Kier alpha value is -1.00. The summed E-state index contributed by atoms with van der Waals surface area (Å²) in [4.78, 5) is 0. The lowest BCUT2D eigenvalue weighted by Crippen LogP contribution is -2.04. The lowest BCUT2D eigenvalue weighted by Gasteiger charge is -2.14. The van der Waals surface area contributed by atoms with Gasteiger partial charge in [-0.2, -0.15) is 0 Å². The molecule has 0 radical (unpaired) electrons. The second-order valence-electron chi connectivity index (χ2n) is 3.82. The van der Waals surface area contributed by atoms with Crippen LogP contribution in [0.15, 0.2) is 29.3 Å². The molecule has 3 nitrogen and oxygen atoms in total. The Morgan fingerprint density at radius 1 is 1.39 bits per heavy atom. The normalized spacial score (nSPS) is 10.2. The first kappa shape index (κ1) is 15.1. The van der Waals surface area contributed by atoms with Crippen LogP contribution in [0, 0.1) is 0 Å². The minimum atomic E-state index is 0.482. The summed E-state index contributed by atoms with van der Waals surface area (Å²) < 4.78 is 12.2. The van der Waals surface area contributed by atoms with E-state index in [1.807, 2.05) is 25.1 Å². The highest BCUT2D eigenvalue weighted by Crippen LogP contribution is 2.37. The molecule has 0 aliphatic heterocycles. The zero-order valence-corrected chi connectivity index (χ0v) is 12.3. The van der Waals surface area contributed by atoms with Crippen molar-refractivity contribution in [2.75, 3.05) is 13.2 Å². The predicted octanol–water partition coefficient (Wildman–Crippen LogP) is 3.65. The molecule has 0 spiro atoms. The van der Waals surface area contributed by atoms with Gasteiger partial charge in [0.2, 0.25) is 0 Å².